The molecule has 32 heavy (non-hydrogen) atoms. The summed E-state index contributed by atoms with van der Waals surface area (Å²) in [6.45, 7) is 12.0. The molecule has 0 N–H and O–H groups in total. The maximum atomic E-state index is 12.7. The Labute approximate surface area is 195 Å². The zero-order valence-electron chi connectivity index (χ0n) is 20.9. The molecule has 7 atom stereocenters. The van der Waals surface area contributed by atoms with Gasteiger partial charge < -0.3 is 4.74 Å². The van der Waals surface area contributed by atoms with Gasteiger partial charge in [-0.05, 0) is 99.4 Å². The van der Waals surface area contributed by atoms with Crippen molar-refractivity contribution in [2.24, 2.45) is 34.0 Å². The van der Waals surface area contributed by atoms with E-state index in [0.717, 1.165) is 31.3 Å². The van der Waals surface area contributed by atoms with Crippen LogP contribution in [-0.2, 0) is 16.1 Å². The summed E-state index contributed by atoms with van der Waals surface area (Å²) < 4.78 is 6.40. The minimum Gasteiger partial charge on any atom is -0.373 e. The van der Waals surface area contributed by atoms with Gasteiger partial charge in [0.2, 0.25) is 0 Å². The van der Waals surface area contributed by atoms with Crippen molar-refractivity contribution in [2.45, 2.75) is 98.7 Å². The molecule has 1 aromatic rings. The maximum Gasteiger partial charge on any atom is 0.136 e. The van der Waals surface area contributed by atoms with Crippen LogP contribution < -0.4 is 0 Å². The number of allylic oxidation sites excluding steroid dienone is 1. The first-order valence-electron chi connectivity index (χ1n) is 13.0. The van der Waals surface area contributed by atoms with Crippen LogP contribution in [0.2, 0.25) is 0 Å². The van der Waals surface area contributed by atoms with Gasteiger partial charge in [-0.3, -0.25) is 4.79 Å². The van der Waals surface area contributed by atoms with Crippen molar-refractivity contribution in [1.29, 1.82) is 0 Å². The largest absolute Gasteiger partial charge is 0.373 e. The number of carbonyl (C=O) groups is 1. The van der Waals surface area contributed by atoms with Gasteiger partial charge in [-0.25, -0.2) is 0 Å². The van der Waals surface area contributed by atoms with Crippen molar-refractivity contribution in [1.82, 2.24) is 0 Å². The number of ether oxygens (including phenoxy) is 1. The highest BCUT2D eigenvalue weighted by molar-refractivity contribution is 5.83. The fourth-order valence-corrected chi connectivity index (χ4v) is 8.51. The molecule has 0 spiro atoms. The number of rotatable bonds is 4. The van der Waals surface area contributed by atoms with E-state index in [1.807, 2.05) is 6.92 Å². The van der Waals surface area contributed by atoms with Crippen molar-refractivity contribution in [3.63, 3.8) is 0 Å². The summed E-state index contributed by atoms with van der Waals surface area (Å²) in [5.74, 6) is 2.67. The first-order valence-corrected chi connectivity index (χ1v) is 13.0. The summed E-state index contributed by atoms with van der Waals surface area (Å²) in [7, 11) is 0. The van der Waals surface area contributed by atoms with Crippen LogP contribution in [0.1, 0.15) is 90.2 Å². The second kappa shape index (κ2) is 7.83. The highest BCUT2D eigenvalue weighted by Gasteiger charge is 2.63. The molecule has 0 amide bonds. The van der Waals surface area contributed by atoms with Crippen LogP contribution in [0.25, 0.3) is 0 Å². The van der Waals surface area contributed by atoms with Crippen molar-refractivity contribution < 1.29 is 9.53 Å². The Morgan fingerprint density at radius 2 is 1.72 bits per heavy atom. The molecule has 4 aliphatic carbocycles. The summed E-state index contributed by atoms with van der Waals surface area (Å²) in [5.41, 5.74) is 4.67. The Hall–Kier alpha value is -1.41. The number of carbonyl (C=O) groups excluding carboxylic acids is 1. The molecule has 0 saturated heterocycles. The van der Waals surface area contributed by atoms with Crippen LogP contribution in [0.3, 0.4) is 0 Å². The topological polar surface area (TPSA) is 26.3 Å². The van der Waals surface area contributed by atoms with Crippen LogP contribution in [0.4, 0.5) is 0 Å². The van der Waals surface area contributed by atoms with E-state index in [4.69, 9.17) is 4.74 Å². The van der Waals surface area contributed by atoms with Crippen molar-refractivity contribution in [3.05, 3.63) is 47.0 Å². The lowest BCUT2D eigenvalue weighted by Gasteiger charge is -2.59. The summed E-state index contributed by atoms with van der Waals surface area (Å²) in [6, 6.07) is 8.75. The Balaban J connectivity index is 1.31. The number of ketones is 1. The predicted molar refractivity (Wildman–Crippen MR) is 130 cm³/mol. The monoisotopic (exact) mass is 434 g/mol. The van der Waals surface area contributed by atoms with E-state index in [1.54, 1.807) is 5.57 Å². The number of aryl methyl sites for hydroxylation is 1. The molecule has 2 nitrogen and oxygen atoms in total. The SMILES string of the molecule is CC(=O)[C@@]1(C)CCC2C3CC=C4C[C@@H](OCc5ccc(C)cc5)CC[C@]4(C)C3CC[C@@]21C. The minimum absolute atomic E-state index is 0.116. The molecule has 0 aliphatic heterocycles. The molecule has 2 heteroatoms. The van der Waals surface area contributed by atoms with Gasteiger partial charge in [0.25, 0.3) is 0 Å². The minimum atomic E-state index is -0.116. The molecule has 0 aromatic heterocycles. The van der Waals surface area contributed by atoms with Crippen LogP contribution >= 0.6 is 0 Å². The van der Waals surface area contributed by atoms with E-state index in [0.29, 0.717) is 23.2 Å². The molecule has 3 fully saturated rings. The molecule has 0 radical (unpaired) electrons. The summed E-state index contributed by atoms with van der Waals surface area (Å²) in [5, 5.41) is 0. The second-order valence-corrected chi connectivity index (χ2v) is 12.3. The molecule has 1 aromatic carbocycles. The van der Waals surface area contributed by atoms with Gasteiger partial charge in [0, 0.05) is 5.41 Å². The van der Waals surface area contributed by atoms with Gasteiger partial charge in [0.05, 0.1) is 12.7 Å². The third kappa shape index (κ3) is 3.27. The first kappa shape index (κ1) is 22.4. The fraction of sp³-hybridized carbons (Fsp3) is 0.700. The third-order valence-electron chi connectivity index (χ3n) is 11.0. The fourth-order valence-electron chi connectivity index (χ4n) is 8.51. The van der Waals surface area contributed by atoms with Crippen molar-refractivity contribution in [2.75, 3.05) is 0 Å². The lowest BCUT2D eigenvalue weighted by atomic mass is 9.45. The number of Topliss-reactive ketones (excluding diaryl/α,β-unsaturated/α-hetero) is 1. The standard InChI is InChI=1S/C30H42O2/c1-20-6-8-22(9-7-20)19-32-24-12-15-28(3)23(18-24)10-11-25-26(28)13-17-30(5)27(25)14-16-29(30,4)21(2)31/h6-10,24-27H,11-19H2,1-5H3/t24-,25?,26?,27?,28-,29+,30-/m0/s1. The summed E-state index contributed by atoms with van der Waals surface area (Å²) in [4.78, 5) is 12.7. The van der Waals surface area contributed by atoms with Crippen molar-refractivity contribution >= 4 is 5.78 Å². The molecule has 0 bridgehead atoms. The van der Waals surface area contributed by atoms with Gasteiger partial charge in [-0.2, -0.15) is 0 Å². The zero-order valence-corrected chi connectivity index (χ0v) is 20.9. The predicted octanol–water partition coefficient (Wildman–Crippen LogP) is 7.44. The Morgan fingerprint density at radius 3 is 2.44 bits per heavy atom. The van der Waals surface area contributed by atoms with Gasteiger partial charge in [-0.1, -0.05) is 62.2 Å². The molecule has 3 unspecified atom stereocenters. The quantitative estimate of drug-likeness (QED) is 0.460. The number of benzene rings is 1. The van der Waals surface area contributed by atoms with Crippen LogP contribution in [0, 0.1) is 40.9 Å². The average molecular weight is 435 g/mol. The molecule has 3 saturated carbocycles. The van der Waals surface area contributed by atoms with Crippen LogP contribution in [-0.4, -0.2) is 11.9 Å². The molecule has 4 aliphatic rings. The maximum absolute atomic E-state index is 12.7. The van der Waals surface area contributed by atoms with Gasteiger partial charge in [0.1, 0.15) is 5.78 Å². The van der Waals surface area contributed by atoms with E-state index in [1.165, 1.54) is 49.7 Å². The normalized spacial score (nSPS) is 43.1. The number of hydrogen-bond acceptors (Lipinski definition) is 2. The van der Waals surface area contributed by atoms with E-state index < -0.39 is 0 Å². The van der Waals surface area contributed by atoms with Gasteiger partial charge in [-0.15, -0.1) is 0 Å². The molecular formula is C30H42O2. The Bertz CT molecular complexity index is 913. The van der Waals surface area contributed by atoms with Crippen molar-refractivity contribution in [3.8, 4) is 0 Å². The van der Waals surface area contributed by atoms with Gasteiger partial charge >= 0.3 is 0 Å². The summed E-state index contributed by atoms with van der Waals surface area (Å²) in [6.07, 6.45) is 12.6. The van der Waals surface area contributed by atoms with Crippen LogP contribution in [0.5, 0.6) is 0 Å². The first-order chi connectivity index (χ1) is 15.2. The van der Waals surface area contributed by atoms with E-state index >= 15 is 0 Å². The Kier molecular flexibility index (Phi) is 5.48. The van der Waals surface area contributed by atoms with E-state index in [2.05, 4.69) is 58.0 Å². The molecule has 174 valence electrons. The Morgan fingerprint density at radius 1 is 1.00 bits per heavy atom. The summed E-state index contributed by atoms with van der Waals surface area (Å²) >= 11 is 0. The zero-order chi connectivity index (χ0) is 22.7. The highest BCUT2D eigenvalue weighted by atomic mass is 16.5. The number of fused-ring (bicyclic) bond motifs is 5. The highest BCUT2D eigenvalue weighted by Crippen LogP contribution is 2.69. The molecule has 5 rings (SSSR count). The lowest BCUT2D eigenvalue weighted by molar-refractivity contribution is -0.138. The van der Waals surface area contributed by atoms with Gasteiger partial charge in [0.15, 0.2) is 0 Å². The molecular weight excluding hydrogens is 392 g/mol. The lowest BCUT2D eigenvalue weighted by Crippen LogP contribution is -2.53. The molecule has 0 heterocycles. The second-order valence-electron chi connectivity index (χ2n) is 12.3. The van der Waals surface area contributed by atoms with E-state index in [-0.39, 0.29) is 10.8 Å². The van der Waals surface area contributed by atoms with Crippen LogP contribution in [0.15, 0.2) is 35.9 Å². The third-order valence-corrected chi connectivity index (χ3v) is 11.0. The van der Waals surface area contributed by atoms with E-state index in [9.17, 15) is 4.79 Å². The number of hydrogen-bond donors (Lipinski definition) is 0. The smallest absolute Gasteiger partial charge is 0.136 e. The average Bonchev–Trinajstić information content (AvgIpc) is 3.05.